The number of carboxylic acids is 1. The molecule has 2 saturated heterocycles. The van der Waals surface area contributed by atoms with Crippen molar-refractivity contribution < 1.29 is 28.9 Å². The third kappa shape index (κ3) is 8.03. The highest BCUT2D eigenvalue weighted by Gasteiger charge is 2.31. The molecule has 2 aromatic carbocycles. The number of pyridine rings is 1. The highest BCUT2D eigenvalue weighted by Crippen LogP contribution is 2.36. The monoisotopic (exact) mass is 672 g/mol. The summed E-state index contributed by atoms with van der Waals surface area (Å²) in [6.45, 7) is 5.19. The molecule has 47 heavy (non-hydrogen) atoms. The van der Waals surface area contributed by atoms with Crippen molar-refractivity contribution in [2.45, 2.75) is 6.42 Å². The van der Waals surface area contributed by atoms with Gasteiger partial charge in [0.15, 0.2) is 0 Å². The van der Waals surface area contributed by atoms with Crippen LogP contribution in [0.5, 0.6) is 11.5 Å². The van der Waals surface area contributed by atoms with Gasteiger partial charge in [0.2, 0.25) is 5.95 Å². The fourth-order valence-electron chi connectivity index (χ4n) is 5.13. The van der Waals surface area contributed by atoms with Crippen LogP contribution in [0.4, 0.5) is 5.95 Å². The van der Waals surface area contributed by atoms with Crippen LogP contribution >= 0.6 is 24.0 Å². The molecule has 0 atom stereocenters. The molecular formula is C33H32N6O6S2. The zero-order valence-corrected chi connectivity index (χ0v) is 27.0. The van der Waals surface area contributed by atoms with E-state index >= 15 is 0 Å². The molecule has 2 aliphatic heterocycles. The van der Waals surface area contributed by atoms with Crippen LogP contribution in [0.2, 0.25) is 0 Å². The number of carboxylic acid groups (broad SMARTS) is 1. The van der Waals surface area contributed by atoms with Gasteiger partial charge in [0.05, 0.1) is 42.0 Å². The van der Waals surface area contributed by atoms with Crippen molar-refractivity contribution in [3.05, 3.63) is 77.0 Å². The SMILES string of the molecule is Nc1ncc2ncc(-c3cc(/C=C4\SC(=S)N(CCCOc5ccc(C(=O)O)cc5)C4=O)ccc3OCCN3CCOCC3)cc2n1. The standard InChI is InChI=1S/C33H32N6O6S2/c34-32-36-20-27-26(37-32)18-23(19-35-27)25-16-21(2-7-28(25)45-15-11-38-9-13-43-14-10-38)17-29-30(40)39(33(46)47-29)8-1-12-44-24-5-3-22(4-6-24)31(41)42/h2-7,16-20H,1,8-15H2,(H,41,42)(H2,34,36,37)/b29-17-. The summed E-state index contributed by atoms with van der Waals surface area (Å²) in [5.74, 6) is 0.240. The Balaban J connectivity index is 1.16. The normalized spacial score (nSPS) is 16.3. The molecule has 0 spiro atoms. The molecule has 2 fully saturated rings. The second kappa shape index (κ2) is 14.9. The van der Waals surface area contributed by atoms with E-state index in [1.54, 1.807) is 29.4 Å². The fourth-order valence-corrected chi connectivity index (χ4v) is 6.44. The van der Waals surface area contributed by atoms with Gasteiger partial charge >= 0.3 is 5.97 Å². The minimum absolute atomic E-state index is 0.162. The minimum Gasteiger partial charge on any atom is -0.494 e. The van der Waals surface area contributed by atoms with Crippen LogP contribution in [0.15, 0.2) is 65.8 Å². The minimum atomic E-state index is -0.995. The third-order valence-corrected chi connectivity index (χ3v) is 8.98. The van der Waals surface area contributed by atoms with Crippen molar-refractivity contribution >= 4 is 63.2 Å². The number of benzene rings is 2. The van der Waals surface area contributed by atoms with E-state index in [-0.39, 0.29) is 17.4 Å². The molecule has 0 radical (unpaired) electrons. The summed E-state index contributed by atoms with van der Waals surface area (Å²) in [5, 5.41) is 9.05. The smallest absolute Gasteiger partial charge is 0.335 e. The number of hydrogen-bond donors (Lipinski definition) is 2. The van der Waals surface area contributed by atoms with E-state index in [4.69, 9.17) is 37.3 Å². The number of aromatic nitrogens is 3. The lowest BCUT2D eigenvalue weighted by molar-refractivity contribution is -0.122. The first-order valence-corrected chi connectivity index (χ1v) is 16.2. The van der Waals surface area contributed by atoms with E-state index in [0.717, 1.165) is 49.5 Å². The summed E-state index contributed by atoms with van der Waals surface area (Å²) in [5.41, 5.74) is 9.66. The molecule has 0 aliphatic carbocycles. The molecule has 4 heterocycles. The van der Waals surface area contributed by atoms with Crippen LogP contribution in [0.25, 0.3) is 28.2 Å². The van der Waals surface area contributed by atoms with E-state index in [1.165, 1.54) is 23.9 Å². The number of nitrogens with two attached hydrogens (primary N) is 1. The first-order valence-electron chi connectivity index (χ1n) is 15.0. The number of anilines is 1. The predicted octanol–water partition coefficient (Wildman–Crippen LogP) is 4.35. The molecule has 12 nitrogen and oxygen atoms in total. The second-order valence-corrected chi connectivity index (χ2v) is 12.5. The van der Waals surface area contributed by atoms with E-state index < -0.39 is 5.97 Å². The van der Waals surface area contributed by atoms with E-state index in [0.29, 0.717) is 57.9 Å². The molecule has 0 unspecified atom stereocenters. The van der Waals surface area contributed by atoms with Gasteiger partial charge < -0.3 is 25.1 Å². The summed E-state index contributed by atoms with van der Waals surface area (Å²) in [4.78, 5) is 41.7. The van der Waals surface area contributed by atoms with Crippen LogP contribution in [-0.2, 0) is 9.53 Å². The molecule has 14 heteroatoms. The van der Waals surface area contributed by atoms with Crippen LogP contribution in [0.3, 0.4) is 0 Å². The molecule has 3 N–H and O–H groups in total. The first kappa shape index (κ1) is 32.3. The Bertz CT molecular complexity index is 1830. The number of thioether (sulfide) groups is 1. The molecule has 2 aromatic heterocycles. The molecule has 0 bridgehead atoms. The van der Waals surface area contributed by atoms with Crippen molar-refractivity contribution in [2.24, 2.45) is 0 Å². The number of ether oxygens (including phenoxy) is 3. The number of nitrogens with zero attached hydrogens (tertiary/aromatic N) is 5. The lowest BCUT2D eigenvalue weighted by Crippen LogP contribution is -2.38. The highest BCUT2D eigenvalue weighted by atomic mass is 32.2. The maximum absolute atomic E-state index is 13.4. The van der Waals surface area contributed by atoms with Gasteiger partial charge in [-0.3, -0.25) is 19.6 Å². The molecule has 242 valence electrons. The largest absolute Gasteiger partial charge is 0.494 e. The number of amides is 1. The molecular weight excluding hydrogens is 641 g/mol. The summed E-state index contributed by atoms with van der Waals surface area (Å²) < 4.78 is 17.9. The number of rotatable bonds is 12. The number of nitrogen functional groups attached to an aromatic ring is 1. The number of fused-ring (bicyclic) bond motifs is 1. The van der Waals surface area contributed by atoms with Gasteiger partial charge in [-0.2, -0.15) is 0 Å². The zero-order chi connectivity index (χ0) is 32.8. The maximum Gasteiger partial charge on any atom is 0.335 e. The van der Waals surface area contributed by atoms with Gasteiger partial charge in [-0.1, -0.05) is 30.0 Å². The Morgan fingerprint density at radius 1 is 1.02 bits per heavy atom. The molecule has 2 aliphatic rings. The summed E-state index contributed by atoms with van der Waals surface area (Å²) in [7, 11) is 0. The number of thiocarbonyl (C=S) groups is 1. The van der Waals surface area contributed by atoms with Gasteiger partial charge in [-0.25, -0.2) is 14.8 Å². The maximum atomic E-state index is 13.4. The van der Waals surface area contributed by atoms with Crippen molar-refractivity contribution in [2.75, 3.05) is 58.3 Å². The average Bonchev–Trinajstić information content (AvgIpc) is 3.34. The summed E-state index contributed by atoms with van der Waals surface area (Å²) in [6, 6.07) is 13.9. The zero-order valence-electron chi connectivity index (χ0n) is 25.3. The highest BCUT2D eigenvalue weighted by molar-refractivity contribution is 8.26. The Morgan fingerprint density at radius 2 is 1.83 bits per heavy atom. The van der Waals surface area contributed by atoms with Crippen LogP contribution in [0, 0.1) is 0 Å². The van der Waals surface area contributed by atoms with Crippen molar-refractivity contribution in [3.63, 3.8) is 0 Å². The number of carbonyl (C=O) groups excluding carboxylic acids is 1. The van der Waals surface area contributed by atoms with E-state index in [1.807, 2.05) is 30.3 Å². The van der Waals surface area contributed by atoms with Gasteiger partial charge in [-0.05, 0) is 60.5 Å². The lowest BCUT2D eigenvalue weighted by atomic mass is 10.0. The molecule has 0 saturated carbocycles. The van der Waals surface area contributed by atoms with E-state index in [2.05, 4.69) is 19.9 Å². The van der Waals surface area contributed by atoms with Gasteiger partial charge in [0, 0.05) is 43.5 Å². The van der Waals surface area contributed by atoms with Crippen LogP contribution < -0.4 is 15.2 Å². The van der Waals surface area contributed by atoms with Gasteiger partial charge in [0.1, 0.15) is 27.9 Å². The Morgan fingerprint density at radius 3 is 2.62 bits per heavy atom. The third-order valence-electron chi connectivity index (χ3n) is 7.60. The average molecular weight is 673 g/mol. The van der Waals surface area contributed by atoms with Crippen molar-refractivity contribution in [3.8, 4) is 22.6 Å². The fraction of sp³-hybridized carbons (Fsp3) is 0.273. The van der Waals surface area contributed by atoms with Crippen LogP contribution in [0.1, 0.15) is 22.3 Å². The first-order chi connectivity index (χ1) is 22.8. The number of hydrogen-bond acceptors (Lipinski definition) is 12. The van der Waals surface area contributed by atoms with Crippen molar-refractivity contribution in [1.82, 2.24) is 24.8 Å². The van der Waals surface area contributed by atoms with Gasteiger partial charge in [-0.15, -0.1) is 0 Å². The molecule has 4 aromatic rings. The summed E-state index contributed by atoms with van der Waals surface area (Å²) >= 11 is 6.80. The second-order valence-electron chi connectivity index (χ2n) is 10.8. The Hall–Kier alpha value is -4.63. The number of carbonyl (C=O) groups is 2. The Kier molecular flexibility index (Phi) is 10.2. The molecule has 1 amide bonds. The quantitative estimate of drug-likeness (QED) is 0.125. The summed E-state index contributed by atoms with van der Waals surface area (Å²) in [6.07, 6.45) is 5.71. The number of morpholine rings is 1. The molecule has 6 rings (SSSR count). The lowest BCUT2D eigenvalue weighted by Gasteiger charge is -2.26. The van der Waals surface area contributed by atoms with Crippen LogP contribution in [-0.4, -0.2) is 98.7 Å². The topological polar surface area (TPSA) is 153 Å². The number of aromatic carboxylic acids is 1. The Labute approximate surface area is 280 Å². The van der Waals surface area contributed by atoms with E-state index in [9.17, 15) is 9.59 Å². The van der Waals surface area contributed by atoms with Crippen molar-refractivity contribution in [1.29, 1.82) is 0 Å². The van der Waals surface area contributed by atoms with Gasteiger partial charge in [0.25, 0.3) is 5.91 Å². The predicted molar refractivity (Wildman–Crippen MR) is 183 cm³/mol.